The van der Waals surface area contributed by atoms with E-state index in [1.54, 1.807) is 0 Å². The molecule has 3 rings (SSSR count). The molecule has 0 bridgehead atoms. The van der Waals surface area contributed by atoms with E-state index in [1.807, 2.05) is 0 Å². The third-order valence-electron chi connectivity index (χ3n) is 3.52. The summed E-state index contributed by atoms with van der Waals surface area (Å²) in [6.45, 7) is 1.63. The molecule has 3 heterocycles. The van der Waals surface area contributed by atoms with Crippen LogP contribution in [0, 0.1) is 0 Å². The lowest BCUT2D eigenvalue weighted by Crippen LogP contribution is -2.25. The molecule has 2 aromatic heterocycles. The highest BCUT2D eigenvalue weighted by atomic mass is 16.4. The van der Waals surface area contributed by atoms with Gasteiger partial charge < -0.3 is 25.4 Å². The Morgan fingerprint density at radius 1 is 1.38 bits per heavy atom. The average molecular weight is 292 g/mol. The van der Waals surface area contributed by atoms with Crippen molar-refractivity contribution in [2.24, 2.45) is 0 Å². The monoisotopic (exact) mass is 292 g/mol. The van der Waals surface area contributed by atoms with Gasteiger partial charge in [0, 0.05) is 13.1 Å². The molecule has 4 N–H and O–H groups in total. The summed E-state index contributed by atoms with van der Waals surface area (Å²) in [5.41, 5.74) is 6.75. The summed E-state index contributed by atoms with van der Waals surface area (Å²) < 4.78 is 1.48. The van der Waals surface area contributed by atoms with Crippen LogP contribution in [-0.4, -0.2) is 54.9 Å². The number of aliphatic hydroxyl groups excluding tert-OH is 1. The van der Waals surface area contributed by atoms with Gasteiger partial charge in [-0.2, -0.15) is 9.97 Å². The van der Waals surface area contributed by atoms with Gasteiger partial charge in [-0.3, -0.25) is 0 Å². The van der Waals surface area contributed by atoms with E-state index in [-0.39, 0.29) is 12.5 Å². The van der Waals surface area contributed by atoms with Gasteiger partial charge in [0.15, 0.2) is 23.1 Å². The highest BCUT2D eigenvalue weighted by molar-refractivity contribution is 5.85. The number of aromatic nitrogens is 4. The van der Waals surface area contributed by atoms with Crippen LogP contribution in [-0.2, 0) is 11.3 Å². The molecule has 0 amide bonds. The lowest BCUT2D eigenvalue weighted by atomic mass is 10.3. The van der Waals surface area contributed by atoms with Gasteiger partial charge in [0.2, 0.25) is 5.95 Å². The highest BCUT2D eigenvalue weighted by Crippen LogP contribution is 2.26. The first-order valence-corrected chi connectivity index (χ1v) is 6.70. The van der Waals surface area contributed by atoms with Crippen molar-refractivity contribution < 1.29 is 15.0 Å². The molecule has 21 heavy (non-hydrogen) atoms. The number of rotatable bonds is 4. The number of nitrogens with two attached hydrogens (primary N) is 1. The van der Waals surface area contributed by atoms with Crippen molar-refractivity contribution >= 4 is 28.9 Å². The molecule has 112 valence electrons. The summed E-state index contributed by atoms with van der Waals surface area (Å²) in [6, 6.07) is 0. The summed E-state index contributed by atoms with van der Waals surface area (Å²) in [5, 5.41) is 18.3. The van der Waals surface area contributed by atoms with E-state index >= 15 is 0 Å². The Kier molecular flexibility index (Phi) is 3.34. The third kappa shape index (κ3) is 2.47. The van der Waals surface area contributed by atoms with Crippen molar-refractivity contribution in [1.82, 2.24) is 19.5 Å². The number of hydrogen-bond acceptors (Lipinski definition) is 7. The number of hydrogen-bond donors (Lipinski definition) is 3. The Morgan fingerprint density at radius 3 is 2.76 bits per heavy atom. The van der Waals surface area contributed by atoms with Crippen LogP contribution in [0.3, 0.4) is 0 Å². The van der Waals surface area contributed by atoms with Crippen LogP contribution < -0.4 is 10.6 Å². The molecule has 1 aliphatic heterocycles. The molecular weight excluding hydrogens is 276 g/mol. The maximum absolute atomic E-state index is 10.8. The molecular formula is C12H16N6O3. The van der Waals surface area contributed by atoms with Crippen LogP contribution in [0.1, 0.15) is 12.8 Å². The zero-order valence-electron chi connectivity index (χ0n) is 11.3. The second-order valence-electron chi connectivity index (χ2n) is 5.02. The fraction of sp³-hybridized carbons (Fsp3) is 0.500. The van der Waals surface area contributed by atoms with Crippen LogP contribution in [0.2, 0.25) is 0 Å². The van der Waals surface area contributed by atoms with Crippen LogP contribution in [0.4, 0.5) is 11.8 Å². The van der Waals surface area contributed by atoms with Crippen molar-refractivity contribution in [3.63, 3.8) is 0 Å². The molecule has 0 aliphatic carbocycles. The van der Waals surface area contributed by atoms with Crippen molar-refractivity contribution in [1.29, 1.82) is 0 Å². The van der Waals surface area contributed by atoms with Gasteiger partial charge in [0.1, 0.15) is 0 Å². The van der Waals surface area contributed by atoms with Gasteiger partial charge in [-0.25, -0.2) is 9.78 Å². The van der Waals surface area contributed by atoms with Gasteiger partial charge in [-0.1, -0.05) is 0 Å². The number of carboxylic acid groups (broad SMARTS) is 1. The number of anilines is 2. The van der Waals surface area contributed by atoms with E-state index in [0.29, 0.717) is 17.0 Å². The molecule has 1 aliphatic rings. The molecule has 2 aromatic rings. The number of imidazole rings is 1. The normalized spacial score (nSPS) is 16.5. The quantitative estimate of drug-likeness (QED) is 0.684. The zero-order chi connectivity index (χ0) is 15.0. The van der Waals surface area contributed by atoms with Crippen molar-refractivity contribution in [3.05, 3.63) is 6.33 Å². The van der Waals surface area contributed by atoms with Gasteiger partial charge in [-0.05, 0) is 12.8 Å². The van der Waals surface area contributed by atoms with E-state index in [9.17, 15) is 9.90 Å². The van der Waals surface area contributed by atoms with Gasteiger partial charge in [0.05, 0.1) is 12.9 Å². The fourth-order valence-corrected chi connectivity index (χ4v) is 2.49. The smallest absolute Gasteiger partial charge is 0.334 e. The maximum atomic E-state index is 10.8. The van der Waals surface area contributed by atoms with Gasteiger partial charge in [-0.15, -0.1) is 0 Å². The summed E-state index contributed by atoms with van der Waals surface area (Å²) in [6.07, 6.45) is 2.10. The van der Waals surface area contributed by atoms with Gasteiger partial charge >= 0.3 is 5.97 Å². The van der Waals surface area contributed by atoms with E-state index in [4.69, 9.17) is 10.8 Å². The largest absolute Gasteiger partial charge is 0.479 e. The summed E-state index contributed by atoms with van der Waals surface area (Å²) in [4.78, 5) is 25.5. The van der Waals surface area contributed by atoms with E-state index < -0.39 is 12.1 Å². The first-order chi connectivity index (χ1) is 10.1. The number of carbonyl (C=O) groups is 1. The summed E-state index contributed by atoms with van der Waals surface area (Å²) >= 11 is 0. The van der Waals surface area contributed by atoms with Crippen molar-refractivity contribution in [2.45, 2.75) is 25.5 Å². The lowest BCUT2D eigenvalue weighted by molar-refractivity contribution is -0.147. The number of nitrogen functional groups attached to an aromatic ring is 1. The Balaban J connectivity index is 2.03. The molecule has 1 fully saturated rings. The van der Waals surface area contributed by atoms with E-state index in [2.05, 4.69) is 19.9 Å². The lowest BCUT2D eigenvalue weighted by Gasteiger charge is -2.16. The molecule has 9 nitrogen and oxygen atoms in total. The van der Waals surface area contributed by atoms with Crippen LogP contribution in [0.15, 0.2) is 6.33 Å². The highest BCUT2D eigenvalue weighted by Gasteiger charge is 2.22. The molecule has 0 radical (unpaired) electrons. The molecule has 1 saturated heterocycles. The molecule has 0 spiro atoms. The Bertz CT molecular complexity index is 679. The summed E-state index contributed by atoms with van der Waals surface area (Å²) in [5.74, 6) is -0.520. The first kappa shape index (κ1) is 13.6. The number of aliphatic hydroxyl groups is 1. The molecule has 9 heteroatoms. The SMILES string of the molecule is Nc1nc(N2CCCC2)c2ncn(CC(O)C(=O)O)c2n1. The third-order valence-corrected chi connectivity index (χ3v) is 3.52. The first-order valence-electron chi connectivity index (χ1n) is 6.70. The number of nitrogens with zero attached hydrogens (tertiary/aromatic N) is 5. The van der Waals surface area contributed by atoms with Crippen molar-refractivity contribution in [2.75, 3.05) is 23.7 Å². The molecule has 1 unspecified atom stereocenters. The average Bonchev–Trinajstić information content (AvgIpc) is 3.08. The maximum Gasteiger partial charge on any atom is 0.334 e. The summed E-state index contributed by atoms with van der Waals surface area (Å²) in [7, 11) is 0. The van der Waals surface area contributed by atoms with Crippen molar-refractivity contribution in [3.8, 4) is 0 Å². The minimum Gasteiger partial charge on any atom is -0.479 e. The molecule has 1 atom stereocenters. The Morgan fingerprint density at radius 2 is 2.10 bits per heavy atom. The van der Waals surface area contributed by atoms with Crippen LogP contribution in [0.25, 0.3) is 11.2 Å². The number of carboxylic acids is 1. The predicted octanol–water partition coefficient (Wildman–Crippen LogP) is -0.546. The second-order valence-corrected chi connectivity index (χ2v) is 5.02. The minimum absolute atomic E-state index is 0.107. The van der Waals surface area contributed by atoms with E-state index in [0.717, 1.165) is 25.9 Å². The minimum atomic E-state index is -1.52. The van der Waals surface area contributed by atoms with Crippen LogP contribution >= 0.6 is 0 Å². The number of fused-ring (bicyclic) bond motifs is 1. The standard InChI is InChI=1S/C12H16N6O3/c13-12-15-9(17-3-1-2-4-17)8-10(16-12)18(6-14-8)5-7(19)11(20)21/h6-7,19H,1-5H2,(H,20,21)(H2,13,15,16). The Labute approximate surface area is 120 Å². The van der Waals surface area contributed by atoms with E-state index in [1.165, 1.54) is 10.9 Å². The zero-order valence-corrected chi connectivity index (χ0v) is 11.3. The van der Waals surface area contributed by atoms with Gasteiger partial charge in [0.25, 0.3) is 0 Å². The number of aliphatic carboxylic acids is 1. The molecule has 0 aromatic carbocycles. The van der Waals surface area contributed by atoms with Crippen LogP contribution in [0.5, 0.6) is 0 Å². The second kappa shape index (κ2) is 5.17. The fourth-order valence-electron chi connectivity index (χ4n) is 2.49. The predicted molar refractivity (Wildman–Crippen MR) is 74.8 cm³/mol. The topological polar surface area (TPSA) is 130 Å². The molecule has 0 saturated carbocycles. The Hall–Kier alpha value is -2.42.